The van der Waals surface area contributed by atoms with E-state index < -0.39 is 0 Å². The van der Waals surface area contributed by atoms with E-state index in [9.17, 15) is 14.0 Å². The molecule has 1 saturated heterocycles. The molecular weight excluding hydrogens is 383 g/mol. The Bertz CT molecular complexity index is 829. The maximum Gasteiger partial charge on any atom is 0.317 e. The molecule has 7 heteroatoms. The maximum atomic E-state index is 13.4. The second-order valence-corrected chi connectivity index (χ2v) is 7.66. The normalized spacial score (nSPS) is 18.7. The van der Waals surface area contributed by atoms with Crippen LogP contribution in [0.2, 0.25) is 0 Å². The van der Waals surface area contributed by atoms with Crippen molar-refractivity contribution in [1.29, 1.82) is 0 Å². The Morgan fingerprint density at radius 3 is 2.67 bits per heavy atom. The minimum absolute atomic E-state index is 0.0669. The molecule has 2 heterocycles. The number of nitrogens with one attached hydrogen (secondary N) is 2. The van der Waals surface area contributed by atoms with Gasteiger partial charge in [0.1, 0.15) is 5.82 Å². The molecule has 3 amide bonds. The van der Waals surface area contributed by atoms with Crippen molar-refractivity contribution < 1.29 is 14.0 Å². The fourth-order valence-electron chi connectivity index (χ4n) is 3.75. The summed E-state index contributed by atoms with van der Waals surface area (Å²) >= 11 is 0. The third-order valence-electron chi connectivity index (χ3n) is 5.46. The zero-order valence-electron chi connectivity index (χ0n) is 17.3. The van der Waals surface area contributed by atoms with E-state index in [2.05, 4.69) is 22.5 Å². The molecule has 1 aliphatic heterocycles. The summed E-state index contributed by atoms with van der Waals surface area (Å²) in [4.78, 5) is 31.4. The number of unbranched alkanes of at least 4 members (excludes halogenated alkanes) is 1. The predicted octanol–water partition coefficient (Wildman–Crippen LogP) is 3.80. The smallest absolute Gasteiger partial charge is 0.317 e. The number of halogens is 1. The molecule has 0 aliphatic carbocycles. The Kier molecular flexibility index (Phi) is 7.76. The van der Waals surface area contributed by atoms with Gasteiger partial charge in [0.15, 0.2) is 0 Å². The van der Waals surface area contributed by atoms with Crippen LogP contribution < -0.4 is 10.6 Å². The summed E-state index contributed by atoms with van der Waals surface area (Å²) in [6.07, 6.45) is 6.62. The summed E-state index contributed by atoms with van der Waals surface area (Å²) in [5, 5.41) is 5.91. The van der Waals surface area contributed by atoms with Crippen LogP contribution in [0, 0.1) is 11.7 Å². The van der Waals surface area contributed by atoms with Gasteiger partial charge in [-0.05, 0) is 48.6 Å². The van der Waals surface area contributed by atoms with Crippen molar-refractivity contribution in [3.63, 3.8) is 0 Å². The summed E-state index contributed by atoms with van der Waals surface area (Å²) < 4.78 is 13.4. The van der Waals surface area contributed by atoms with Crippen molar-refractivity contribution in [2.24, 2.45) is 5.92 Å². The van der Waals surface area contributed by atoms with Crippen LogP contribution in [-0.4, -0.2) is 34.9 Å². The third-order valence-corrected chi connectivity index (χ3v) is 5.46. The van der Waals surface area contributed by atoms with Crippen LogP contribution in [0.5, 0.6) is 0 Å². The SMILES string of the molecule is CCCCNC(=O)N1C[C@H](C(=O)NCc2cccnc2)CC[C@@H]1c1ccc(F)cc1. The highest BCUT2D eigenvalue weighted by atomic mass is 19.1. The molecule has 2 N–H and O–H groups in total. The van der Waals surface area contributed by atoms with E-state index in [0.29, 0.717) is 32.5 Å². The molecule has 2 atom stereocenters. The Balaban J connectivity index is 1.67. The highest BCUT2D eigenvalue weighted by Crippen LogP contribution is 2.33. The van der Waals surface area contributed by atoms with Crippen LogP contribution in [0.4, 0.5) is 9.18 Å². The summed E-state index contributed by atoms with van der Waals surface area (Å²) in [5.41, 5.74) is 1.82. The molecule has 1 fully saturated rings. The second kappa shape index (κ2) is 10.7. The van der Waals surface area contributed by atoms with Gasteiger partial charge < -0.3 is 15.5 Å². The number of carbonyl (C=O) groups excluding carboxylic acids is 2. The largest absolute Gasteiger partial charge is 0.352 e. The van der Waals surface area contributed by atoms with Gasteiger partial charge in [-0.3, -0.25) is 9.78 Å². The molecule has 0 spiro atoms. The van der Waals surface area contributed by atoms with Crippen LogP contribution in [0.3, 0.4) is 0 Å². The number of aromatic nitrogens is 1. The second-order valence-electron chi connectivity index (χ2n) is 7.66. The number of carbonyl (C=O) groups is 2. The molecule has 0 bridgehead atoms. The monoisotopic (exact) mass is 412 g/mol. The van der Waals surface area contributed by atoms with E-state index in [4.69, 9.17) is 0 Å². The van der Waals surface area contributed by atoms with E-state index in [1.165, 1.54) is 12.1 Å². The highest BCUT2D eigenvalue weighted by Gasteiger charge is 2.35. The van der Waals surface area contributed by atoms with Crippen LogP contribution in [-0.2, 0) is 11.3 Å². The van der Waals surface area contributed by atoms with Gasteiger partial charge in [-0.15, -0.1) is 0 Å². The quantitative estimate of drug-likeness (QED) is 0.680. The zero-order chi connectivity index (χ0) is 21.3. The Labute approximate surface area is 176 Å². The summed E-state index contributed by atoms with van der Waals surface area (Å²) in [7, 11) is 0. The van der Waals surface area contributed by atoms with Gasteiger partial charge in [-0.1, -0.05) is 31.5 Å². The van der Waals surface area contributed by atoms with Gasteiger partial charge in [0, 0.05) is 32.0 Å². The molecule has 0 saturated carbocycles. The molecule has 0 unspecified atom stereocenters. The number of piperidine rings is 1. The van der Waals surface area contributed by atoms with Crippen molar-refractivity contribution in [3.05, 3.63) is 65.7 Å². The molecule has 6 nitrogen and oxygen atoms in total. The van der Waals surface area contributed by atoms with Gasteiger partial charge in [-0.25, -0.2) is 9.18 Å². The Morgan fingerprint density at radius 2 is 1.97 bits per heavy atom. The fourth-order valence-corrected chi connectivity index (χ4v) is 3.75. The van der Waals surface area contributed by atoms with E-state index in [0.717, 1.165) is 24.0 Å². The average Bonchev–Trinajstić information content (AvgIpc) is 2.78. The van der Waals surface area contributed by atoms with Crippen LogP contribution in [0.1, 0.15) is 49.8 Å². The molecule has 30 heavy (non-hydrogen) atoms. The van der Waals surface area contributed by atoms with Crippen LogP contribution >= 0.6 is 0 Å². The molecule has 160 valence electrons. The van der Waals surface area contributed by atoms with Gasteiger partial charge in [0.05, 0.1) is 12.0 Å². The number of benzene rings is 1. The molecule has 1 aromatic heterocycles. The lowest BCUT2D eigenvalue weighted by atomic mass is 9.88. The lowest BCUT2D eigenvalue weighted by molar-refractivity contribution is -0.126. The van der Waals surface area contributed by atoms with Crippen LogP contribution in [0.25, 0.3) is 0 Å². The summed E-state index contributed by atoms with van der Waals surface area (Å²) in [6.45, 7) is 3.41. The number of pyridine rings is 1. The first-order valence-corrected chi connectivity index (χ1v) is 10.5. The number of rotatable bonds is 7. The van der Waals surface area contributed by atoms with Crippen molar-refractivity contribution in [1.82, 2.24) is 20.5 Å². The van der Waals surface area contributed by atoms with Crippen LogP contribution in [0.15, 0.2) is 48.8 Å². The number of hydrogen-bond donors (Lipinski definition) is 2. The van der Waals surface area contributed by atoms with Gasteiger partial charge >= 0.3 is 6.03 Å². The van der Waals surface area contributed by atoms with E-state index in [1.807, 2.05) is 12.1 Å². The number of amides is 3. The fraction of sp³-hybridized carbons (Fsp3) is 0.435. The minimum atomic E-state index is -0.304. The molecule has 1 aliphatic rings. The standard InChI is InChI=1S/C23H29FN4O2/c1-2-3-13-26-23(30)28-16-19(22(29)27-15-17-5-4-12-25-14-17)8-11-21(28)18-6-9-20(24)10-7-18/h4-7,9-10,12,14,19,21H,2-3,8,11,13,15-16H2,1H3,(H,26,30)(H,27,29)/t19-,21-/m1/s1. The lowest BCUT2D eigenvalue weighted by Gasteiger charge is -2.39. The van der Waals surface area contributed by atoms with Crippen molar-refractivity contribution in [2.45, 2.75) is 45.2 Å². The lowest BCUT2D eigenvalue weighted by Crippen LogP contribution is -2.50. The topological polar surface area (TPSA) is 74.3 Å². The Morgan fingerprint density at radius 1 is 1.17 bits per heavy atom. The third kappa shape index (κ3) is 5.78. The van der Waals surface area contributed by atoms with E-state index in [-0.39, 0.29) is 29.7 Å². The highest BCUT2D eigenvalue weighted by molar-refractivity contribution is 5.81. The van der Waals surface area contributed by atoms with Crippen molar-refractivity contribution >= 4 is 11.9 Å². The minimum Gasteiger partial charge on any atom is -0.352 e. The first kappa shape index (κ1) is 21.7. The molecule has 0 radical (unpaired) electrons. The number of likely N-dealkylation sites (tertiary alicyclic amines) is 1. The van der Waals surface area contributed by atoms with E-state index in [1.54, 1.807) is 29.4 Å². The maximum absolute atomic E-state index is 13.4. The molecule has 1 aromatic carbocycles. The first-order valence-electron chi connectivity index (χ1n) is 10.5. The van der Waals surface area contributed by atoms with Gasteiger partial charge in [0.2, 0.25) is 5.91 Å². The molecule has 2 aromatic rings. The van der Waals surface area contributed by atoms with Crippen molar-refractivity contribution in [3.8, 4) is 0 Å². The zero-order valence-corrected chi connectivity index (χ0v) is 17.3. The predicted molar refractivity (Wildman–Crippen MR) is 113 cm³/mol. The van der Waals surface area contributed by atoms with Gasteiger partial charge in [0.25, 0.3) is 0 Å². The van der Waals surface area contributed by atoms with Crippen molar-refractivity contribution in [2.75, 3.05) is 13.1 Å². The van der Waals surface area contributed by atoms with E-state index >= 15 is 0 Å². The molecule has 3 rings (SSSR count). The number of hydrogen-bond acceptors (Lipinski definition) is 3. The number of urea groups is 1. The summed E-state index contributed by atoms with van der Waals surface area (Å²) in [5.74, 6) is -0.653. The summed E-state index contributed by atoms with van der Waals surface area (Å²) in [6, 6.07) is 9.65. The van der Waals surface area contributed by atoms with Gasteiger partial charge in [-0.2, -0.15) is 0 Å². The first-order chi connectivity index (χ1) is 14.6. The number of nitrogens with zero attached hydrogens (tertiary/aromatic N) is 2. The average molecular weight is 413 g/mol. The molecular formula is C23H29FN4O2. The Hall–Kier alpha value is -2.96.